The largest absolute Gasteiger partial charge is 0.492 e. The number of hydrogen-bond acceptors (Lipinski definition) is 3. The van der Waals surface area contributed by atoms with E-state index < -0.39 is 0 Å². The molecule has 3 nitrogen and oxygen atoms in total. The van der Waals surface area contributed by atoms with Gasteiger partial charge in [-0.15, -0.1) is 0 Å². The van der Waals surface area contributed by atoms with Gasteiger partial charge in [-0.2, -0.15) is 0 Å². The van der Waals surface area contributed by atoms with E-state index >= 15 is 0 Å². The molecule has 94 valence electrons. The van der Waals surface area contributed by atoms with E-state index in [1.54, 1.807) is 6.07 Å². The van der Waals surface area contributed by atoms with Gasteiger partial charge in [-0.05, 0) is 31.4 Å². The average Bonchev–Trinajstić information content (AvgIpc) is 2.34. The second kappa shape index (κ2) is 6.94. The minimum Gasteiger partial charge on any atom is -0.492 e. The second-order valence-electron chi connectivity index (χ2n) is 3.94. The molecule has 0 aliphatic heterocycles. The molecule has 1 aromatic rings. The lowest BCUT2D eigenvalue weighted by Crippen LogP contribution is -2.10. The van der Waals surface area contributed by atoms with Gasteiger partial charge in [0.1, 0.15) is 11.3 Å². The first-order valence-electron chi connectivity index (χ1n) is 6.10. The van der Waals surface area contributed by atoms with Crippen molar-refractivity contribution in [2.24, 2.45) is 0 Å². The highest BCUT2D eigenvalue weighted by Crippen LogP contribution is 2.24. The minimum atomic E-state index is -0.304. The van der Waals surface area contributed by atoms with E-state index in [4.69, 9.17) is 9.47 Å². The Morgan fingerprint density at radius 2 is 1.88 bits per heavy atom. The molecule has 1 rings (SSSR count). The van der Waals surface area contributed by atoms with E-state index in [-0.39, 0.29) is 5.97 Å². The molecule has 17 heavy (non-hydrogen) atoms. The van der Waals surface area contributed by atoms with Crippen molar-refractivity contribution in [1.82, 2.24) is 0 Å². The molecule has 0 fully saturated rings. The molecule has 0 aromatic heterocycles. The first-order valence-corrected chi connectivity index (χ1v) is 6.10. The highest BCUT2D eigenvalue weighted by atomic mass is 16.5. The third-order valence-corrected chi connectivity index (χ3v) is 2.32. The summed E-state index contributed by atoms with van der Waals surface area (Å²) in [6, 6.07) is 5.52. The Hall–Kier alpha value is -1.51. The number of para-hydroxylation sites is 1. The number of esters is 1. The van der Waals surface area contributed by atoms with Crippen LogP contribution in [0.25, 0.3) is 0 Å². The monoisotopic (exact) mass is 236 g/mol. The summed E-state index contributed by atoms with van der Waals surface area (Å²) in [4.78, 5) is 11.8. The Balaban J connectivity index is 2.89. The first-order chi connectivity index (χ1) is 8.20. The summed E-state index contributed by atoms with van der Waals surface area (Å²) in [5, 5.41) is 0. The van der Waals surface area contributed by atoms with Crippen molar-refractivity contribution in [3.8, 4) is 5.75 Å². The number of benzene rings is 1. The standard InChI is InChI=1S/C14H20O3/c1-4-9-16-13-11(3)7-6-8-12(13)14(15)17-10-5-2/h6-8H,4-5,9-10H2,1-3H3. The van der Waals surface area contributed by atoms with Crippen LogP contribution in [0.4, 0.5) is 0 Å². The van der Waals surface area contributed by atoms with E-state index in [2.05, 4.69) is 0 Å². The van der Waals surface area contributed by atoms with Gasteiger partial charge in [-0.3, -0.25) is 0 Å². The lowest BCUT2D eigenvalue weighted by molar-refractivity contribution is 0.0500. The van der Waals surface area contributed by atoms with Crippen LogP contribution in [-0.4, -0.2) is 19.2 Å². The highest BCUT2D eigenvalue weighted by Gasteiger charge is 2.15. The lowest BCUT2D eigenvalue weighted by atomic mass is 10.1. The SMILES string of the molecule is CCCOC(=O)c1cccc(C)c1OCCC. The third kappa shape index (κ3) is 3.77. The van der Waals surface area contributed by atoms with Crippen LogP contribution < -0.4 is 4.74 Å². The molecule has 0 amide bonds. The normalized spacial score (nSPS) is 10.1. The summed E-state index contributed by atoms with van der Waals surface area (Å²) in [5.74, 6) is 0.345. The van der Waals surface area contributed by atoms with Gasteiger partial charge in [0.2, 0.25) is 0 Å². The number of ether oxygens (including phenoxy) is 2. The van der Waals surface area contributed by atoms with E-state index in [0.717, 1.165) is 18.4 Å². The number of aryl methyl sites for hydroxylation is 1. The Morgan fingerprint density at radius 3 is 2.53 bits per heavy atom. The maximum absolute atomic E-state index is 11.8. The zero-order valence-corrected chi connectivity index (χ0v) is 10.8. The summed E-state index contributed by atoms with van der Waals surface area (Å²) in [6.07, 6.45) is 1.74. The summed E-state index contributed by atoms with van der Waals surface area (Å²) in [6.45, 7) is 6.99. The quantitative estimate of drug-likeness (QED) is 0.710. The zero-order valence-electron chi connectivity index (χ0n) is 10.8. The van der Waals surface area contributed by atoms with Crippen LogP contribution in [0.3, 0.4) is 0 Å². The van der Waals surface area contributed by atoms with Crippen molar-refractivity contribution in [1.29, 1.82) is 0 Å². The Morgan fingerprint density at radius 1 is 1.18 bits per heavy atom. The molecule has 0 bridgehead atoms. The van der Waals surface area contributed by atoms with Crippen LogP contribution in [-0.2, 0) is 4.74 Å². The van der Waals surface area contributed by atoms with Gasteiger partial charge in [0, 0.05) is 0 Å². The second-order valence-corrected chi connectivity index (χ2v) is 3.94. The Bertz CT molecular complexity index is 372. The van der Waals surface area contributed by atoms with Gasteiger partial charge in [0.15, 0.2) is 0 Å². The van der Waals surface area contributed by atoms with Crippen LogP contribution in [0, 0.1) is 6.92 Å². The van der Waals surface area contributed by atoms with Gasteiger partial charge < -0.3 is 9.47 Å². The zero-order chi connectivity index (χ0) is 12.7. The number of hydrogen-bond donors (Lipinski definition) is 0. The van der Waals surface area contributed by atoms with Gasteiger partial charge in [-0.25, -0.2) is 4.79 Å². The number of carbonyl (C=O) groups is 1. The highest BCUT2D eigenvalue weighted by molar-refractivity contribution is 5.93. The maximum Gasteiger partial charge on any atom is 0.341 e. The number of carbonyl (C=O) groups excluding carboxylic acids is 1. The van der Waals surface area contributed by atoms with E-state index in [1.807, 2.05) is 32.9 Å². The Kier molecular flexibility index (Phi) is 5.53. The molecular formula is C14H20O3. The molecule has 0 saturated heterocycles. The van der Waals surface area contributed by atoms with Crippen LogP contribution in [0.5, 0.6) is 5.75 Å². The van der Waals surface area contributed by atoms with Crippen LogP contribution in [0.1, 0.15) is 42.6 Å². The summed E-state index contributed by atoms with van der Waals surface area (Å²) >= 11 is 0. The smallest absolute Gasteiger partial charge is 0.341 e. The fourth-order valence-electron chi connectivity index (χ4n) is 1.48. The number of rotatable bonds is 6. The fraction of sp³-hybridized carbons (Fsp3) is 0.500. The summed E-state index contributed by atoms with van der Waals surface area (Å²) < 4.78 is 10.8. The van der Waals surface area contributed by atoms with Gasteiger partial charge in [-0.1, -0.05) is 26.0 Å². The molecule has 0 radical (unpaired) electrons. The van der Waals surface area contributed by atoms with Crippen molar-refractivity contribution in [3.05, 3.63) is 29.3 Å². The van der Waals surface area contributed by atoms with Gasteiger partial charge in [0.25, 0.3) is 0 Å². The van der Waals surface area contributed by atoms with E-state index in [0.29, 0.717) is 24.5 Å². The molecule has 0 atom stereocenters. The predicted molar refractivity (Wildman–Crippen MR) is 67.5 cm³/mol. The molecule has 0 aliphatic rings. The van der Waals surface area contributed by atoms with Crippen molar-refractivity contribution in [3.63, 3.8) is 0 Å². The van der Waals surface area contributed by atoms with Gasteiger partial charge in [0.05, 0.1) is 13.2 Å². The minimum absolute atomic E-state index is 0.304. The third-order valence-electron chi connectivity index (χ3n) is 2.32. The van der Waals surface area contributed by atoms with Crippen molar-refractivity contribution in [2.75, 3.05) is 13.2 Å². The molecule has 3 heteroatoms. The van der Waals surface area contributed by atoms with Crippen molar-refractivity contribution < 1.29 is 14.3 Å². The molecular weight excluding hydrogens is 216 g/mol. The molecule has 0 N–H and O–H groups in total. The van der Waals surface area contributed by atoms with Crippen molar-refractivity contribution in [2.45, 2.75) is 33.6 Å². The molecule has 0 aliphatic carbocycles. The van der Waals surface area contributed by atoms with Crippen LogP contribution in [0.2, 0.25) is 0 Å². The van der Waals surface area contributed by atoms with Gasteiger partial charge >= 0.3 is 5.97 Å². The molecule has 0 spiro atoms. The topological polar surface area (TPSA) is 35.5 Å². The predicted octanol–water partition coefficient (Wildman–Crippen LogP) is 3.35. The molecule has 0 heterocycles. The maximum atomic E-state index is 11.8. The molecule has 0 unspecified atom stereocenters. The first kappa shape index (κ1) is 13.6. The van der Waals surface area contributed by atoms with Crippen LogP contribution >= 0.6 is 0 Å². The molecule has 1 aromatic carbocycles. The fourth-order valence-corrected chi connectivity index (χ4v) is 1.48. The average molecular weight is 236 g/mol. The summed E-state index contributed by atoms with van der Waals surface area (Å²) in [5.41, 5.74) is 1.48. The summed E-state index contributed by atoms with van der Waals surface area (Å²) in [7, 11) is 0. The lowest BCUT2D eigenvalue weighted by Gasteiger charge is -2.12. The Labute approximate surface area is 103 Å². The molecule has 0 saturated carbocycles. The van der Waals surface area contributed by atoms with Crippen LogP contribution in [0.15, 0.2) is 18.2 Å². The van der Waals surface area contributed by atoms with E-state index in [9.17, 15) is 4.79 Å². The van der Waals surface area contributed by atoms with Crippen molar-refractivity contribution >= 4 is 5.97 Å². The van der Waals surface area contributed by atoms with E-state index in [1.165, 1.54) is 0 Å².